The molecule has 0 bridgehead atoms. The van der Waals surface area contributed by atoms with Gasteiger partial charge in [-0.3, -0.25) is 0 Å². The van der Waals surface area contributed by atoms with Gasteiger partial charge in [-0.2, -0.15) is 0 Å². The van der Waals surface area contributed by atoms with Gasteiger partial charge in [-0.1, -0.05) is 0 Å². The molecular weight excluding hydrogens is 253 g/mol. The summed E-state index contributed by atoms with van der Waals surface area (Å²) in [6, 6.07) is 2.05. The van der Waals surface area contributed by atoms with Crippen LogP contribution < -0.4 is 5.46 Å². The Hall–Kier alpha value is -1.40. The number of pyridine rings is 1. The number of imidazole rings is 1. The van der Waals surface area contributed by atoms with Crippen LogP contribution in [-0.4, -0.2) is 32.9 Å². The molecule has 3 rings (SSSR count). The highest BCUT2D eigenvalue weighted by atomic mass is 16.7. The van der Waals surface area contributed by atoms with Crippen LogP contribution in [0.1, 0.15) is 33.5 Å². The zero-order valence-electron chi connectivity index (χ0n) is 12.9. The van der Waals surface area contributed by atoms with Gasteiger partial charge < -0.3 is 13.9 Å². The third-order valence-electron chi connectivity index (χ3n) is 4.51. The number of aromatic nitrogens is 3. The molecule has 0 atom stereocenters. The Morgan fingerprint density at radius 3 is 2.35 bits per heavy atom. The Balaban J connectivity index is 2.02. The molecule has 0 amide bonds. The SMILES string of the molecule is Cc1nc2ncc(B3OC(C)(C)C(C)(C)O3)cc2n1C. The lowest BCUT2D eigenvalue weighted by Crippen LogP contribution is -2.41. The van der Waals surface area contributed by atoms with E-state index in [0.29, 0.717) is 0 Å². The Bertz CT molecular complexity index is 662. The maximum atomic E-state index is 6.05. The summed E-state index contributed by atoms with van der Waals surface area (Å²) in [5, 5.41) is 0. The standard InChI is InChI=1S/C14H20BN3O2/c1-9-17-12-11(18(9)6)7-10(8-16-12)15-19-13(2,3)14(4,5)20-15/h7-8H,1-6H3. The number of aryl methyl sites for hydroxylation is 2. The second-order valence-electron chi connectivity index (χ2n) is 6.42. The lowest BCUT2D eigenvalue weighted by atomic mass is 9.80. The fourth-order valence-corrected chi connectivity index (χ4v) is 2.31. The quantitative estimate of drug-likeness (QED) is 0.740. The monoisotopic (exact) mass is 273 g/mol. The minimum absolute atomic E-state index is 0.338. The molecule has 6 heteroatoms. The number of rotatable bonds is 1. The summed E-state index contributed by atoms with van der Waals surface area (Å²) in [7, 11) is 1.60. The van der Waals surface area contributed by atoms with Gasteiger partial charge in [0.15, 0.2) is 5.65 Å². The molecular formula is C14H20BN3O2. The van der Waals surface area contributed by atoms with Crippen LogP contribution in [0.15, 0.2) is 12.3 Å². The second-order valence-corrected chi connectivity index (χ2v) is 6.42. The van der Waals surface area contributed by atoms with Crippen molar-refractivity contribution in [2.45, 2.75) is 45.8 Å². The molecule has 5 nitrogen and oxygen atoms in total. The maximum absolute atomic E-state index is 6.05. The van der Waals surface area contributed by atoms with E-state index in [-0.39, 0.29) is 18.3 Å². The molecule has 1 fully saturated rings. The van der Waals surface area contributed by atoms with Crippen molar-refractivity contribution in [3.8, 4) is 0 Å². The van der Waals surface area contributed by atoms with Gasteiger partial charge >= 0.3 is 7.12 Å². The summed E-state index contributed by atoms with van der Waals surface area (Å²) in [6.45, 7) is 10.2. The Morgan fingerprint density at radius 2 is 1.75 bits per heavy atom. The van der Waals surface area contributed by atoms with Crippen LogP contribution in [0.2, 0.25) is 0 Å². The van der Waals surface area contributed by atoms with Gasteiger partial charge in [-0.25, -0.2) is 9.97 Å². The van der Waals surface area contributed by atoms with E-state index in [1.54, 1.807) is 6.20 Å². The van der Waals surface area contributed by atoms with Gasteiger partial charge in [0.2, 0.25) is 0 Å². The van der Waals surface area contributed by atoms with Crippen LogP contribution in [0, 0.1) is 6.92 Å². The number of fused-ring (bicyclic) bond motifs is 1. The molecule has 106 valence electrons. The molecule has 3 heterocycles. The topological polar surface area (TPSA) is 49.2 Å². The van der Waals surface area contributed by atoms with Crippen LogP contribution in [0.4, 0.5) is 0 Å². The highest BCUT2D eigenvalue weighted by Gasteiger charge is 2.51. The highest BCUT2D eigenvalue weighted by molar-refractivity contribution is 6.62. The number of hydrogen-bond donors (Lipinski definition) is 0. The smallest absolute Gasteiger partial charge is 0.399 e. The first-order valence-electron chi connectivity index (χ1n) is 6.86. The summed E-state index contributed by atoms with van der Waals surface area (Å²) < 4.78 is 14.1. The summed E-state index contributed by atoms with van der Waals surface area (Å²) in [5.74, 6) is 0.943. The number of hydrogen-bond acceptors (Lipinski definition) is 4. The zero-order valence-corrected chi connectivity index (χ0v) is 12.9. The van der Waals surface area contributed by atoms with E-state index in [1.165, 1.54) is 0 Å². The van der Waals surface area contributed by atoms with E-state index >= 15 is 0 Å². The van der Waals surface area contributed by atoms with Crippen molar-refractivity contribution in [3.63, 3.8) is 0 Å². The fraction of sp³-hybridized carbons (Fsp3) is 0.571. The van der Waals surface area contributed by atoms with Crippen LogP contribution in [0.5, 0.6) is 0 Å². The first-order valence-corrected chi connectivity index (χ1v) is 6.86. The summed E-state index contributed by atoms with van der Waals surface area (Å²) in [6.07, 6.45) is 1.79. The molecule has 2 aromatic heterocycles. The summed E-state index contributed by atoms with van der Waals surface area (Å²) in [4.78, 5) is 8.82. The third-order valence-corrected chi connectivity index (χ3v) is 4.51. The highest BCUT2D eigenvalue weighted by Crippen LogP contribution is 2.36. The van der Waals surface area contributed by atoms with E-state index in [4.69, 9.17) is 9.31 Å². The van der Waals surface area contributed by atoms with Crippen LogP contribution in [0.3, 0.4) is 0 Å². The van der Waals surface area contributed by atoms with Crippen molar-refractivity contribution in [1.29, 1.82) is 0 Å². The minimum atomic E-state index is -0.382. The van der Waals surface area contributed by atoms with Gasteiger partial charge in [0, 0.05) is 18.7 Å². The van der Waals surface area contributed by atoms with E-state index in [2.05, 4.69) is 9.97 Å². The zero-order chi connectivity index (χ0) is 14.7. The molecule has 0 spiro atoms. The first-order chi connectivity index (χ1) is 9.21. The van der Waals surface area contributed by atoms with E-state index in [1.807, 2.05) is 52.3 Å². The lowest BCUT2D eigenvalue weighted by molar-refractivity contribution is 0.00578. The van der Waals surface area contributed by atoms with Gasteiger partial charge in [0.05, 0.1) is 16.7 Å². The molecule has 20 heavy (non-hydrogen) atoms. The maximum Gasteiger partial charge on any atom is 0.496 e. The van der Waals surface area contributed by atoms with Crippen molar-refractivity contribution in [3.05, 3.63) is 18.1 Å². The molecule has 0 aromatic carbocycles. The molecule has 0 aliphatic carbocycles. The van der Waals surface area contributed by atoms with Crippen LogP contribution >= 0.6 is 0 Å². The van der Waals surface area contributed by atoms with Gasteiger partial charge in [0.1, 0.15) is 5.82 Å². The molecule has 1 aliphatic heterocycles. The first kappa shape index (κ1) is 13.6. The van der Waals surface area contributed by atoms with Gasteiger partial charge in [-0.15, -0.1) is 0 Å². The molecule has 2 aromatic rings. The van der Waals surface area contributed by atoms with Crippen molar-refractivity contribution < 1.29 is 9.31 Å². The molecule has 0 radical (unpaired) electrons. The molecule has 1 aliphatic rings. The Morgan fingerprint density at radius 1 is 1.15 bits per heavy atom. The normalized spacial score (nSPS) is 20.8. The second kappa shape index (κ2) is 4.05. The molecule has 1 saturated heterocycles. The predicted octanol–water partition coefficient (Wildman–Crippen LogP) is 1.58. The Kier molecular flexibility index (Phi) is 2.75. The summed E-state index contributed by atoms with van der Waals surface area (Å²) >= 11 is 0. The van der Waals surface area contributed by atoms with Gasteiger partial charge in [0.25, 0.3) is 0 Å². The van der Waals surface area contributed by atoms with Crippen molar-refractivity contribution in [2.24, 2.45) is 7.05 Å². The Labute approximate surface area is 119 Å². The fourth-order valence-electron chi connectivity index (χ4n) is 2.31. The van der Waals surface area contributed by atoms with E-state index in [0.717, 1.165) is 22.5 Å². The largest absolute Gasteiger partial charge is 0.496 e. The molecule has 0 saturated carbocycles. The van der Waals surface area contributed by atoms with Crippen LogP contribution in [-0.2, 0) is 16.4 Å². The van der Waals surface area contributed by atoms with E-state index in [9.17, 15) is 0 Å². The third kappa shape index (κ3) is 1.86. The number of nitrogens with zero attached hydrogens (tertiary/aromatic N) is 3. The lowest BCUT2D eigenvalue weighted by Gasteiger charge is -2.32. The summed E-state index contributed by atoms with van der Waals surface area (Å²) in [5.41, 5.74) is 2.00. The average Bonchev–Trinajstić information content (AvgIpc) is 2.74. The predicted molar refractivity (Wildman–Crippen MR) is 79.0 cm³/mol. The van der Waals surface area contributed by atoms with Crippen molar-refractivity contribution in [1.82, 2.24) is 14.5 Å². The van der Waals surface area contributed by atoms with E-state index < -0.39 is 0 Å². The van der Waals surface area contributed by atoms with Crippen molar-refractivity contribution in [2.75, 3.05) is 0 Å². The molecule has 0 unspecified atom stereocenters. The average molecular weight is 273 g/mol. The van der Waals surface area contributed by atoms with Crippen LogP contribution in [0.25, 0.3) is 11.2 Å². The molecule has 0 N–H and O–H groups in total. The minimum Gasteiger partial charge on any atom is -0.399 e. The van der Waals surface area contributed by atoms with Crippen molar-refractivity contribution >= 4 is 23.7 Å². The van der Waals surface area contributed by atoms with Gasteiger partial charge in [-0.05, 0) is 40.7 Å².